The third kappa shape index (κ3) is 4.12. The molecule has 5 rings (SSSR count). The van der Waals surface area contributed by atoms with Gasteiger partial charge in [-0.2, -0.15) is 0 Å². The number of anilines is 1. The molecule has 0 amide bonds. The van der Waals surface area contributed by atoms with Gasteiger partial charge in [-0.3, -0.25) is 0 Å². The lowest BCUT2D eigenvalue weighted by molar-refractivity contribution is 0.320. The SMILES string of the molecule is CC(C)c1ccc(C2Nc3ccc(OCCc4ccccc4)cc3C3C=CCC32)cc1. The molecule has 1 N–H and O–H groups in total. The van der Waals surface area contributed by atoms with Crippen LogP contribution in [0.2, 0.25) is 0 Å². The highest BCUT2D eigenvalue weighted by molar-refractivity contribution is 5.61. The van der Waals surface area contributed by atoms with E-state index in [4.69, 9.17) is 4.74 Å². The maximum atomic E-state index is 6.12. The Hall–Kier alpha value is -3.00. The maximum absolute atomic E-state index is 6.12. The average molecular weight is 410 g/mol. The molecular formula is C29H31NO. The Morgan fingerprint density at radius 2 is 1.77 bits per heavy atom. The molecule has 0 radical (unpaired) electrons. The summed E-state index contributed by atoms with van der Waals surface area (Å²) in [5.41, 5.74) is 6.70. The molecule has 0 saturated carbocycles. The van der Waals surface area contributed by atoms with E-state index in [9.17, 15) is 0 Å². The third-order valence-electron chi connectivity index (χ3n) is 6.80. The zero-order valence-electron chi connectivity index (χ0n) is 18.4. The minimum atomic E-state index is 0.346. The molecule has 0 aromatic heterocycles. The Morgan fingerprint density at radius 3 is 2.55 bits per heavy atom. The normalized spacial score (nSPS) is 21.5. The molecular weight excluding hydrogens is 378 g/mol. The molecule has 1 aliphatic heterocycles. The molecule has 31 heavy (non-hydrogen) atoms. The highest BCUT2D eigenvalue weighted by Gasteiger charge is 2.38. The van der Waals surface area contributed by atoms with Crippen molar-refractivity contribution in [3.8, 4) is 5.75 Å². The zero-order chi connectivity index (χ0) is 21.2. The van der Waals surface area contributed by atoms with Crippen molar-refractivity contribution in [3.63, 3.8) is 0 Å². The van der Waals surface area contributed by atoms with Crippen LogP contribution in [0.3, 0.4) is 0 Å². The van der Waals surface area contributed by atoms with Gasteiger partial charge in [-0.15, -0.1) is 0 Å². The van der Waals surface area contributed by atoms with Crippen LogP contribution < -0.4 is 10.1 Å². The van der Waals surface area contributed by atoms with Crippen LogP contribution in [-0.4, -0.2) is 6.61 Å². The standard InChI is InChI=1S/C29H31NO/c1-20(2)22-11-13-23(14-12-22)29-26-10-6-9-25(26)27-19-24(15-16-28(27)30-29)31-18-17-21-7-4-3-5-8-21/h3-9,11-16,19-20,25-26,29-30H,10,17-18H2,1-2H3. The van der Waals surface area contributed by atoms with Gasteiger partial charge in [-0.1, -0.05) is 80.6 Å². The summed E-state index contributed by atoms with van der Waals surface area (Å²) in [6.07, 6.45) is 6.79. The van der Waals surface area contributed by atoms with Gasteiger partial charge in [0.2, 0.25) is 0 Å². The number of nitrogens with one attached hydrogen (secondary N) is 1. The Balaban J connectivity index is 1.33. The molecule has 158 valence electrons. The lowest BCUT2D eigenvalue weighted by atomic mass is 9.77. The van der Waals surface area contributed by atoms with E-state index in [1.54, 1.807) is 0 Å². The summed E-state index contributed by atoms with van der Waals surface area (Å²) in [6.45, 7) is 5.20. The van der Waals surface area contributed by atoms with Crippen molar-refractivity contribution in [3.05, 3.63) is 107 Å². The van der Waals surface area contributed by atoms with Gasteiger partial charge in [0.05, 0.1) is 12.6 Å². The van der Waals surface area contributed by atoms with Crippen LogP contribution in [0.15, 0.2) is 84.9 Å². The largest absolute Gasteiger partial charge is 0.493 e. The van der Waals surface area contributed by atoms with E-state index >= 15 is 0 Å². The van der Waals surface area contributed by atoms with Crippen molar-refractivity contribution < 1.29 is 4.74 Å². The summed E-state index contributed by atoms with van der Waals surface area (Å²) in [6, 6.07) is 26.6. The first-order valence-electron chi connectivity index (χ1n) is 11.5. The Labute approximate surface area is 186 Å². The minimum Gasteiger partial charge on any atom is -0.493 e. The molecule has 2 heteroatoms. The first kappa shape index (κ1) is 19.9. The number of rotatable bonds is 6. The first-order chi connectivity index (χ1) is 15.2. The summed E-state index contributed by atoms with van der Waals surface area (Å²) >= 11 is 0. The molecule has 3 atom stereocenters. The number of allylic oxidation sites excluding steroid dienone is 2. The van der Waals surface area contributed by atoms with Gasteiger partial charge >= 0.3 is 0 Å². The number of ether oxygens (including phenoxy) is 1. The van der Waals surface area contributed by atoms with E-state index in [0.717, 1.165) is 18.6 Å². The van der Waals surface area contributed by atoms with Crippen LogP contribution in [-0.2, 0) is 6.42 Å². The zero-order valence-corrected chi connectivity index (χ0v) is 18.4. The Kier molecular flexibility index (Phi) is 5.55. The predicted molar refractivity (Wildman–Crippen MR) is 129 cm³/mol. The molecule has 3 aromatic carbocycles. The Morgan fingerprint density at radius 1 is 0.968 bits per heavy atom. The second-order valence-electron chi connectivity index (χ2n) is 9.13. The summed E-state index contributed by atoms with van der Waals surface area (Å²) < 4.78 is 6.12. The van der Waals surface area contributed by atoms with E-state index in [-0.39, 0.29) is 0 Å². The quantitative estimate of drug-likeness (QED) is 0.433. The molecule has 0 spiro atoms. The number of hydrogen-bond donors (Lipinski definition) is 1. The van der Waals surface area contributed by atoms with Crippen molar-refractivity contribution in [1.82, 2.24) is 0 Å². The number of benzene rings is 3. The van der Waals surface area contributed by atoms with Crippen LogP contribution in [0.4, 0.5) is 5.69 Å². The van der Waals surface area contributed by atoms with Crippen LogP contribution in [0.5, 0.6) is 5.75 Å². The van der Waals surface area contributed by atoms with Crippen LogP contribution in [0.25, 0.3) is 0 Å². The fourth-order valence-electron chi connectivity index (χ4n) is 5.01. The van der Waals surface area contributed by atoms with Gasteiger partial charge in [0.15, 0.2) is 0 Å². The molecule has 1 aliphatic carbocycles. The molecule has 3 unspecified atom stereocenters. The number of hydrogen-bond acceptors (Lipinski definition) is 2. The van der Waals surface area contributed by atoms with E-state index in [0.29, 0.717) is 30.4 Å². The van der Waals surface area contributed by atoms with Gasteiger partial charge in [-0.05, 0) is 58.7 Å². The molecule has 2 aliphatic rings. The van der Waals surface area contributed by atoms with Gasteiger partial charge in [0.25, 0.3) is 0 Å². The van der Waals surface area contributed by atoms with Crippen LogP contribution in [0.1, 0.15) is 60.4 Å². The second-order valence-corrected chi connectivity index (χ2v) is 9.13. The van der Waals surface area contributed by atoms with E-state index in [1.165, 1.54) is 27.9 Å². The first-order valence-corrected chi connectivity index (χ1v) is 11.5. The van der Waals surface area contributed by atoms with Crippen molar-refractivity contribution in [2.24, 2.45) is 5.92 Å². The van der Waals surface area contributed by atoms with Crippen molar-refractivity contribution in [2.45, 2.75) is 44.6 Å². The summed E-state index contributed by atoms with van der Waals surface area (Å²) in [5, 5.41) is 3.85. The Bertz CT molecular complexity index is 1050. The van der Waals surface area contributed by atoms with Crippen molar-refractivity contribution in [2.75, 3.05) is 11.9 Å². The van der Waals surface area contributed by atoms with Gasteiger partial charge < -0.3 is 10.1 Å². The lowest BCUT2D eigenvalue weighted by Gasteiger charge is -2.37. The number of fused-ring (bicyclic) bond motifs is 3. The lowest BCUT2D eigenvalue weighted by Crippen LogP contribution is -2.29. The second kappa shape index (κ2) is 8.63. The van der Waals surface area contributed by atoms with Crippen molar-refractivity contribution in [1.29, 1.82) is 0 Å². The predicted octanol–water partition coefficient (Wildman–Crippen LogP) is 7.26. The molecule has 1 heterocycles. The molecule has 0 fully saturated rings. The maximum Gasteiger partial charge on any atom is 0.119 e. The highest BCUT2D eigenvalue weighted by atomic mass is 16.5. The topological polar surface area (TPSA) is 21.3 Å². The molecule has 3 aromatic rings. The van der Waals surface area contributed by atoms with E-state index in [2.05, 4.69) is 104 Å². The third-order valence-corrected chi connectivity index (χ3v) is 6.80. The highest BCUT2D eigenvalue weighted by Crippen LogP contribution is 2.50. The fourth-order valence-corrected chi connectivity index (χ4v) is 5.01. The fraction of sp³-hybridized carbons (Fsp3) is 0.310. The van der Waals surface area contributed by atoms with Crippen LogP contribution >= 0.6 is 0 Å². The van der Waals surface area contributed by atoms with Gasteiger partial charge in [-0.25, -0.2) is 0 Å². The van der Waals surface area contributed by atoms with Crippen molar-refractivity contribution >= 4 is 5.69 Å². The van der Waals surface area contributed by atoms with E-state index in [1.807, 2.05) is 0 Å². The monoisotopic (exact) mass is 409 g/mol. The minimum absolute atomic E-state index is 0.346. The molecule has 0 bridgehead atoms. The summed E-state index contributed by atoms with van der Waals surface area (Å²) in [7, 11) is 0. The van der Waals surface area contributed by atoms with Gasteiger partial charge in [0, 0.05) is 18.0 Å². The molecule has 0 saturated heterocycles. The van der Waals surface area contributed by atoms with E-state index < -0.39 is 0 Å². The van der Waals surface area contributed by atoms with Crippen LogP contribution in [0, 0.1) is 5.92 Å². The summed E-state index contributed by atoms with van der Waals surface area (Å²) in [4.78, 5) is 0. The molecule has 2 nitrogen and oxygen atoms in total. The summed E-state index contributed by atoms with van der Waals surface area (Å²) in [5.74, 6) is 2.53. The van der Waals surface area contributed by atoms with Gasteiger partial charge in [0.1, 0.15) is 5.75 Å². The smallest absolute Gasteiger partial charge is 0.119 e. The average Bonchev–Trinajstić information content (AvgIpc) is 3.30.